The van der Waals surface area contributed by atoms with E-state index in [9.17, 15) is 5.11 Å². The molecule has 3 saturated heterocycles. The van der Waals surface area contributed by atoms with Crippen LogP contribution in [0.15, 0.2) is 17.8 Å². The zero-order valence-electron chi connectivity index (χ0n) is 12.3. The van der Waals surface area contributed by atoms with Crippen LogP contribution in [-0.2, 0) is 0 Å². The summed E-state index contributed by atoms with van der Waals surface area (Å²) < 4.78 is 10.6. The minimum Gasteiger partial charge on any atom is -0.493 e. The van der Waals surface area contributed by atoms with Gasteiger partial charge >= 0.3 is 0 Å². The topological polar surface area (TPSA) is 41.9 Å². The highest BCUT2D eigenvalue weighted by atomic mass is 35.5. The highest BCUT2D eigenvalue weighted by Gasteiger charge is 2.36. The van der Waals surface area contributed by atoms with Crippen molar-refractivity contribution in [3.63, 3.8) is 0 Å². The number of rotatable bonds is 3. The number of benzene rings is 1. The molecule has 3 heterocycles. The summed E-state index contributed by atoms with van der Waals surface area (Å²) in [6.07, 6.45) is 3.78. The van der Waals surface area contributed by atoms with Crippen molar-refractivity contribution in [2.24, 2.45) is 5.92 Å². The summed E-state index contributed by atoms with van der Waals surface area (Å²) in [7, 11) is 3.16. The normalized spacial score (nSPS) is 26.3. The van der Waals surface area contributed by atoms with E-state index in [4.69, 9.17) is 21.1 Å². The number of methoxy groups -OCH3 is 2. The lowest BCUT2D eigenvalue weighted by Crippen LogP contribution is -2.48. The van der Waals surface area contributed by atoms with Gasteiger partial charge in [-0.3, -0.25) is 0 Å². The van der Waals surface area contributed by atoms with Crippen LogP contribution in [0, 0.1) is 5.92 Å². The molecule has 1 aromatic rings. The summed E-state index contributed by atoms with van der Waals surface area (Å²) in [5.74, 6) is 1.52. The fourth-order valence-electron chi connectivity index (χ4n) is 3.27. The van der Waals surface area contributed by atoms with E-state index in [0.717, 1.165) is 37.2 Å². The molecular formula is C16H20ClNO3. The molecule has 0 aromatic heterocycles. The largest absolute Gasteiger partial charge is 0.493 e. The predicted octanol–water partition coefficient (Wildman–Crippen LogP) is 2.78. The molecule has 21 heavy (non-hydrogen) atoms. The second kappa shape index (κ2) is 5.78. The summed E-state index contributed by atoms with van der Waals surface area (Å²) in [5.41, 5.74) is 1.90. The number of hydrogen-bond acceptors (Lipinski definition) is 4. The molecule has 114 valence electrons. The zero-order chi connectivity index (χ0) is 15.0. The summed E-state index contributed by atoms with van der Waals surface area (Å²) in [5, 5.41) is 10.9. The number of hydrogen-bond donors (Lipinski definition) is 1. The van der Waals surface area contributed by atoms with E-state index in [2.05, 4.69) is 4.90 Å². The van der Waals surface area contributed by atoms with E-state index in [1.807, 2.05) is 18.2 Å². The van der Waals surface area contributed by atoms with Crippen molar-refractivity contribution >= 4 is 17.7 Å². The zero-order valence-corrected chi connectivity index (χ0v) is 13.1. The van der Waals surface area contributed by atoms with Crippen LogP contribution in [-0.4, -0.2) is 43.4 Å². The van der Waals surface area contributed by atoms with Crippen LogP contribution in [0.5, 0.6) is 11.5 Å². The van der Waals surface area contributed by atoms with Crippen LogP contribution in [0.1, 0.15) is 18.4 Å². The molecule has 3 aliphatic heterocycles. The first-order valence-corrected chi connectivity index (χ1v) is 7.58. The van der Waals surface area contributed by atoms with Crippen LogP contribution >= 0.6 is 11.6 Å². The fourth-order valence-corrected chi connectivity index (χ4v) is 3.57. The molecule has 3 fully saturated rings. The van der Waals surface area contributed by atoms with Gasteiger partial charge in [0.25, 0.3) is 0 Å². The lowest BCUT2D eigenvalue weighted by Gasteiger charge is -2.45. The van der Waals surface area contributed by atoms with E-state index in [1.165, 1.54) is 0 Å². The Morgan fingerprint density at radius 3 is 2.52 bits per heavy atom. The van der Waals surface area contributed by atoms with Gasteiger partial charge in [0, 0.05) is 18.8 Å². The minimum absolute atomic E-state index is 0.376. The van der Waals surface area contributed by atoms with Gasteiger partial charge in [-0.2, -0.15) is 0 Å². The smallest absolute Gasteiger partial charge is 0.179 e. The maximum absolute atomic E-state index is 10.4. The number of aliphatic hydroxyl groups is 1. The Bertz CT molecular complexity index is 561. The van der Waals surface area contributed by atoms with Crippen molar-refractivity contribution in [2.45, 2.75) is 18.9 Å². The molecule has 3 aliphatic rings. The molecule has 1 aromatic carbocycles. The van der Waals surface area contributed by atoms with Gasteiger partial charge < -0.3 is 19.5 Å². The van der Waals surface area contributed by atoms with E-state index in [-0.39, 0.29) is 6.10 Å². The third kappa shape index (κ3) is 2.58. The molecule has 4 rings (SSSR count). The number of piperidine rings is 3. The Kier molecular flexibility index (Phi) is 4.00. The van der Waals surface area contributed by atoms with Crippen molar-refractivity contribution in [1.82, 2.24) is 4.90 Å². The van der Waals surface area contributed by atoms with E-state index in [1.54, 1.807) is 14.2 Å². The van der Waals surface area contributed by atoms with Gasteiger partial charge in [0.15, 0.2) is 11.5 Å². The average molecular weight is 310 g/mol. The van der Waals surface area contributed by atoms with Crippen LogP contribution in [0.2, 0.25) is 5.02 Å². The number of ether oxygens (including phenoxy) is 2. The third-order valence-electron chi connectivity index (χ3n) is 4.42. The first kappa shape index (κ1) is 14.5. The summed E-state index contributed by atoms with van der Waals surface area (Å²) in [6.45, 7) is 2.04. The summed E-state index contributed by atoms with van der Waals surface area (Å²) >= 11 is 6.24. The van der Waals surface area contributed by atoms with Crippen molar-refractivity contribution < 1.29 is 14.6 Å². The molecular weight excluding hydrogens is 290 g/mol. The summed E-state index contributed by atoms with van der Waals surface area (Å²) in [6, 6.07) is 3.72. The number of aliphatic hydroxyl groups excluding tert-OH is 1. The molecule has 5 heteroatoms. The lowest BCUT2D eigenvalue weighted by molar-refractivity contribution is 0.0215. The quantitative estimate of drug-likeness (QED) is 0.932. The molecule has 0 radical (unpaired) electrons. The van der Waals surface area contributed by atoms with Crippen LogP contribution < -0.4 is 9.47 Å². The van der Waals surface area contributed by atoms with E-state index in [0.29, 0.717) is 22.4 Å². The van der Waals surface area contributed by atoms with Crippen LogP contribution in [0.4, 0.5) is 0 Å². The van der Waals surface area contributed by atoms with Gasteiger partial charge in [-0.25, -0.2) is 0 Å². The second-order valence-electron chi connectivity index (χ2n) is 5.58. The van der Waals surface area contributed by atoms with Crippen LogP contribution in [0.3, 0.4) is 0 Å². The van der Waals surface area contributed by atoms with Gasteiger partial charge in [0.05, 0.1) is 25.3 Å². The van der Waals surface area contributed by atoms with Crippen LogP contribution in [0.25, 0.3) is 6.08 Å². The molecule has 0 unspecified atom stereocenters. The van der Waals surface area contributed by atoms with Gasteiger partial charge in [0.2, 0.25) is 0 Å². The molecule has 0 amide bonds. The molecule has 0 aliphatic carbocycles. The molecule has 0 saturated carbocycles. The highest BCUT2D eigenvalue weighted by Crippen LogP contribution is 2.39. The first-order valence-electron chi connectivity index (χ1n) is 7.20. The average Bonchev–Trinajstić information content (AvgIpc) is 2.50. The second-order valence-corrected chi connectivity index (χ2v) is 5.98. The Hall–Kier alpha value is -1.39. The Morgan fingerprint density at radius 1 is 1.24 bits per heavy atom. The van der Waals surface area contributed by atoms with Crippen molar-refractivity contribution in [1.29, 1.82) is 0 Å². The minimum atomic E-state index is -0.376. The number of nitrogens with zero attached hydrogens (tertiary/aromatic N) is 1. The lowest BCUT2D eigenvalue weighted by atomic mass is 9.83. The van der Waals surface area contributed by atoms with Crippen molar-refractivity contribution in [2.75, 3.05) is 27.3 Å². The van der Waals surface area contributed by atoms with Gasteiger partial charge in [0.1, 0.15) is 0 Å². The Morgan fingerprint density at radius 2 is 1.95 bits per heavy atom. The maximum atomic E-state index is 10.4. The monoisotopic (exact) mass is 309 g/mol. The fraction of sp³-hybridized carbons (Fsp3) is 0.500. The highest BCUT2D eigenvalue weighted by molar-refractivity contribution is 6.32. The molecule has 4 nitrogen and oxygen atoms in total. The number of halogens is 1. The number of fused-ring (bicyclic) bond motifs is 3. The van der Waals surface area contributed by atoms with Crippen molar-refractivity contribution in [3.8, 4) is 11.5 Å². The van der Waals surface area contributed by atoms with E-state index < -0.39 is 0 Å². The summed E-state index contributed by atoms with van der Waals surface area (Å²) in [4.78, 5) is 2.26. The van der Waals surface area contributed by atoms with Crippen molar-refractivity contribution in [3.05, 3.63) is 28.4 Å². The van der Waals surface area contributed by atoms with E-state index >= 15 is 0 Å². The predicted molar refractivity (Wildman–Crippen MR) is 82.8 cm³/mol. The van der Waals surface area contributed by atoms with Gasteiger partial charge in [-0.1, -0.05) is 11.6 Å². The van der Waals surface area contributed by atoms with Gasteiger partial charge in [-0.05, 0) is 42.5 Å². The molecule has 2 bridgehead atoms. The SMILES string of the molecule is COc1cc(/C=C2/[C@@H](O)C3CCN2CC3)cc(Cl)c1OC. The van der Waals surface area contributed by atoms with Gasteiger partial charge in [-0.15, -0.1) is 0 Å². The molecule has 1 atom stereocenters. The Labute approximate surface area is 129 Å². The molecule has 0 spiro atoms. The standard InChI is InChI=1S/C16H20ClNO3/c1-20-14-9-10(7-12(17)16(14)21-2)8-13-15(19)11-3-5-18(13)6-4-11/h7-9,11,15,19H,3-6H2,1-2H3/b13-8-/t15-/m0/s1. The first-order chi connectivity index (χ1) is 10.1. The Balaban J connectivity index is 1.97. The maximum Gasteiger partial charge on any atom is 0.179 e. The third-order valence-corrected chi connectivity index (χ3v) is 4.71. The molecule has 1 N–H and O–H groups in total.